The first kappa shape index (κ1) is 11.6. The molecule has 0 saturated heterocycles. The molecule has 0 aliphatic rings. The molecule has 15 heavy (non-hydrogen) atoms. The van der Waals surface area contributed by atoms with Crippen molar-refractivity contribution >= 4 is 0 Å². The fourth-order valence-electron chi connectivity index (χ4n) is 1.37. The molecule has 1 aromatic rings. The summed E-state index contributed by atoms with van der Waals surface area (Å²) in [6.45, 7) is 1.74. The van der Waals surface area contributed by atoms with Crippen LogP contribution in [0.4, 0.5) is 8.78 Å². The van der Waals surface area contributed by atoms with Crippen LogP contribution in [0, 0.1) is 0 Å². The van der Waals surface area contributed by atoms with Crippen molar-refractivity contribution in [3.05, 3.63) is 59.7 Å². The average molecular weight is 208 g/mol. The number of aryl methyl sites for hydroxylation is 1. The normalized spacial score (nSPS) is 10.6. The maximum atomic E-state index is 12.4. The highest BCUT2D eigenvalue weighted by Gasteiger charge is 2.02. The second-order valence-corrected chi connectivity index (χ2v) is 3.27. The molecule has 0 nitrogen and oxygen atoms in total. The van der Waals surface area contributed by atoms with Crippen LogP contribution in [0.1, 0.15) is 18.9 Å². The highest BCUT2D eigenvalue weighted by Crippen LogP contribution is 2.16. The molecule has 0 spiro atoms. The van der Waals surface area contributed by atoms with Gasteiger partial charge in [0.25, 0.3) is 6.08 Å². The summed E-state index contributed by atoms with van der Waals surface area (Å²) in [6, 6.07) is 9.65. The van der Waals surface area contributed by atoms with Gasteiger partial charge in [0.1, 0.15) is 0 Å². The number of benzene rings is 1. The summed E-state index contributed by atoms with van der Waals surface area (Å²) >= 11 is 0. The van der Waals surface area contributed by atoms with Gasteiger partial charge < -0.3 is 0 Å². The SMILES string of the molecule is C/C=C/C(CCc1ccccc1)=C(F)F. The number of allylic oxidation sites excluding steroid dienone is 3. The van der Waals surface area contributed by atoms with E-state index in [1.54, 1.807) is 13.0 Å². The van der Waals surface area contributed by atoms with Crippen LogP contribution in [0.25, 0.3) is 0 Å². The van der Waals surface area contributed by atoms with Crippen molar-refractivity contribution in [1.82, 2.24) is 0 Å². The van der Waals surface area contributed by atoms with Crippen LogP contribution in [0.15, 0.2) is 54.1 Å². The van der Waals surface area contributed by atoms with E-state index in [2.05, 4.69) is 0 Å². The first-order chi connectivity index (χ1) is 7.24. The molecule has 0 bridgehead atoms. The molecule has 0 N–H and O–H groups in total. The van der Waals surface area contributed by atoms with Gasteiger partial charge in [-0.1, -0.05) is 42.5 Å². The monoisotopic (exact) mass is 208 g/mol. The summed E-state index contributed by atoms with van der Waals surface area (Å²) < 4.78 is 24.8. The zero-order valence-electron chi connectivity index (χ0n) is 8.71. The maximum absolute atomic E-state index is 12.4. The van der Waals surface area contributed by atoms with Crippen LogP contribution in [-0.4, -0.2) is 0 Å². The van der Waals surface area contributed by atoms with Gasteiger partial charge in [-0.05, 0) is 25.3 Å². The van der Waals surface area contributed by atoms with Gasteiger partial charge in [-0.2, -0.15) is 8.78 Å². The Balaban J connectivity index is 2.60. The molecule has 0 aromatic heterocycles. The van der Waals surface area contributed by atoms with Crippen molar-refractivity contribution in [3.8, 4) is 0 Å². The topological polar surface area (TPSA) is 0 Å². The lowest BCUT2D eigenvalue weighted by Gasteiger charge is -2.01. The van der Waals surface area contributed by atoms with Gasteiger partial charge in [0.15, 0.2) is 0 Å². The van der Waals surface area contributed by atoms with Crippen molar-refractivity contribution in [2.75, 3.05) is 0 Å². The second kappa shape index (κ2) is 6.12. The minimum absolute atomic E-state index is 0.126. The molecule has 0 amide bonds. The van der Waals surface area contributed by atoms with E-state index in [0.717, 1.165) is 5.56 Å². The van der Waals surface area contributed by atoms with E-state index in [-0.39, 0.29) is 5.57 Å². The third-order valence-electron chi connectivity index (χ3n) is 2.14. The first-order valence-corrected chi connectivity index (χ1v) is 4.95. The predicted molar refractivity (Wildman–Crippen MR) is 58.8 cm³/mol. The van der Waals surface area contributed by atoms with Crippen LogP contribution in [0.5, 0.6) is 0 Å². The summed E-state index contributed by atoms with van der Waals surface area (Å²) in [5.74, 6) is 0. The van der Waals surface area contributed by atoms with Crippen LogP contribution in [0.2, 0.25) is 0 Å². The minimum atomic E-state index is -1.58. The molecule has 0 radical (unpaired) electrons. The molecule has 1 rings (SSSR count). The Morgan fingerprint density at radius 1 is 1.20 bits per heavy atom. The molecule has 0 atom stereocenters. The highest BCUT2D eigenvalue weighted by molar-refractivity contribution is 5.22. The van der Waals surface area contributed by atoms with Crippen molar-refractivity contribution in [1.29, 1.82) is 0 Å². The number of hydrogen-bond donors (Lipinski definition) is 0. The van der Waals surface area contributed by atoms with E-state index >= 15 is 0 Å². The number of rotatable bonds is 4. The molecule has 0 fully saturated rings. The third kappa shape index (κ3) is 4.07. The second-order valence-electron chi connectivity index (χ2n) is 3.27. The summed E-state index contributed by atoms with van der Waals surface area (Å²) in [5, 5.41) is 0. The van der Waals surface area contributed by atoms with Crippen LogP contribution >= 0.6 is 0 Å². The van der Waals surface area contributed by atoms with Crippen LogP contribution in [0.3, 0.4) is 0 Å². The molecular formula is C13H14F2. The molecule has 80 valence electrons. The minimum Gasteiger partial charge on any atom is -0.173 e. The number of hydrogen-bond acceptors (Lipinski definition) is 0. The van der Waals surface area contributed by atoms with Crippen molar-refractivity contribution in [2.45, 2.75) is 19.8 Å². The zero-order chi connectivity index (χ0) is 11.1. The Morgan fingerprint density at radius 3 is 2.40 bits per heavy atom. The summed E-state index contributed by atoms with van der Waals surface area (Å²) in [5.41, 5.74) is 1.21. The molecule has 0 aliphatic carbocycles. The van der Waals surface area contributed by atoms with Crippen molar-refractivity contribution in [2.24, 2.45) is 0 Å². The summed E-state index contributed by atoms with van der Waals surface area (Å²) in [4.78, 5) is 0. The van der Waals surface area contributed by atoms with E-state index in [1.165, 1.54) is 6.08 Å². The van der Waals surface area contributed by atoms with E-state index in [1.807, 2.05) is 30.3 Å². The predicted octanol–water partition coefficient (Wildman–Crippen LogP) is 4.35. The molecule has 2 heteroatoms. The lowest BCUT2D eigenvalue weighted by atomic mass is 10.1. The van der Waals surface area contributed by atoms with E-state index in [4.69, 9.17) is 0 Å². The first-order valence-electron chi connectivity index (χ1n) is 4.95. The largest absolute Gasteiger partial charge is 0.273 e. The summed E-state index contributed by atoms with van der Waals surface area (Å²) in [6.07, 6.45) is 2.57. The quantitative estimate of drug-likeness (QED) is 0.645. The van der Waals surface area contributed by atoms with Gasteiger partial charge in [-0.25, -0.2) is 0 Å². The molecule has 0 heterocycles. The highest BCUT2D eigenvalue weighted by atomic mass is 19.3. The third-order valence-corrected chi connectivity index (χ3v) is 2.14. The Bertz CT molecular complexity index is 346. The Labute approximate surface area is 88.9 Å². The Hall–Kier alpha value is -1.44. The van der Waals surface area contributed by atoms with E-state index in [0.29, 0.717) is 12.8 Å². The summed E-state index contributed by atoms with van der Waals surface area (Å²) in [7, 11) is 0. The maximum Gasteiger partial charge on any atom is 0.273 e. The van der Waals surface area contributed by atoms with Crippen LogP contribution < -0.4 is 0 Å². The molecule has 0 unspecified atom stereocenters. The fraction of sp³-hybridized carbons (Fsp3) is 0.231. The van der Waals surface area contributed by atoms with Gasteiger partial charge >= 0.3 is 0 Å². The molecular weight excluding hydrogens is 194 g/mol. The molecule has 0 aliphatic heterocycles. The molecule has 0 saturated carbocycles. The lowest BCUT2D eigenvalue weighted by molar-refractivity contribution is 0.411. The van der Waals surface area contributed by atoms with E-state index in [9.17, 15) is 8.78 Å². The van der Waals surface area contributed by atoms with Crippen LogP contribution in [-0.2, 0) is 6.42 Å². The standard InChI is InChI=1S/C13H14F2/c1-2-6-12(13(14)15)10-9-11-7-4-3-5-8-11/h2-8H,9-10H2,1H3/b6-2+. The van der Waals surface area contributed by atoms with Gasteiger partial charge in [0.2, 0.25) is 0 Å². The van der Waals surface area contributed by atoms with Gasteiger partial charge in [-0.15, -0.1) is 0 Å². The smallest absolute Gasteiger partial charge is 0.173 e. The average Bonchev–Trinajstić information content (AvgIpc) is 2.25. The van der Waals surface area contributed by atoms with Gasteiger partial charge in [0.05, 0.1) is 0 Å². The zero-order valence-corrected chi connectivity index (χ0v) is 8.71. The van der Waals surface area contributed by atoms with Gasteiger partial charge in [0, 0.05) is 5.57 Å². The van der Waals surface area contributed by atoms with Gasteiger partial charge in [-0.3, -0.25) is 0 Å². The Kier molecular flexibility index (Phi) is 4.75. The fourth-order valence-corrected chi connectivity index (χ4v) is 1.37. The van der Waals surface area contributed by atoms with Crippen molar-refractivity contribution < 1.29 is 8.78 Å². The van der Waals surface area contributed by atoms with E-state index < -0.39 is 6.08 Å². The lowest BCUT2D eigenvalue weighted by Crippen LogP contribution is -1.88. The number of halogens is 2. The Morgan fingerprint density at radius 2 is 1.87 bits per heavy atom. The molecule has 1 aromatic carbocycles. The van der Waals surface area contributed by atoms with Crippen molar-refractivity contribution in [3.63, 3.8) is 0 Å².